The topological polar surface area (TPSA) is 6.48 Å². The van der Waals surface area contributed by atoms with Crippen LogP contribution in [0.15, 0.2) is 0 Å². The molecule has 0 aromatic heterocycles. The van der Waals surface area contributed by atoms with E-state index in [2.05, 4.69) is 16.7 Å². The van der Waals surface area contributed by atoms with E-state index in [1.807, 2.05) is 0 Å². The van der Waals surface area contributed by atoms with Crippen LogP contribution in [0.3, 0.4) is 0 Å². The van der Waals surface area contributed by atoms with E-state index in [9.17, 15) is 0 Å². The van der Waals surface area contributed by atoms with Crippen LogP contribution in [0.1, 0.15) is 45.4 Å². The highest BCUT2D eigenvalue weighted by atomic mass is 15.3. The third-order valence-corrected chi connectivity index (χ3v) is 6.32. The standard InChI is InChI=1S/C16H28N2/c1-12-5-7-18-10-13-9-14(16(18)8-12)11-17-6-3-2-4-15(13)17/h12-16H,2-11H2,1H3/t12?,13-,14-,15+,16-/m0/s1. The molecule has 0 aromatic rings. The minimum Gasteiger partial charge on any atom is -0.300 e. The van der Waals surface area contributed by atoms with Crippen molar-refractivity contribution >= 4 is 0 Å². The van der Waals surface area contributed by atoms with E-state index in [1.54, 1.807) is 6.42 Å². The Bertz CT molecular complexity index is 316. The van der Waals surface area contributed by atoms with Crippen LogP contribution in [0, 0.1) is 17.8 Å². The van der Waals surface area contributed by atoms with Crippen LogP contribution in [-0.4, -0.2) is 48.1 Å². The van der Waals surface area contributed by atoms with E-state index in [4.69, 9.17) is 0 Å². The predicted molar refractivity (Wildman–Crippen MR) is 74.6 cm³/mol. The Morgan fingerprint density at radius 1 is 0.778 bits per heavy atom. The Hall–Kier alpha value is -0.0800. The average molecular weight is 248 g/mol. The fourth-order valence-electron chi connectivity index (χ4n) is 5.42. The van der Waals surface area contributed by atoms with Crippen molar-refractivity contribution in [3.05, 3.63) is 0 Å². The zero-order valence-electron chi connectivity index (χ0n) is 11.9. The van der Waals surface area contributed by atoms with Gasteiger partial charge in [0, 0.05) is 25.2 Å². The van der Waals surface area contributed by atoms with Gasteiger partial charge in [0.15, 0.2) is 0 Å². The van der Waals surface area contributed by atoms with Gasteiger partial charge in [-0.25, -0.2) is 0 Å². The lowest BCUT2D eigenvalue weighted by Gasteiger charge is -2.57. The van der Waals surface area contributed by atoms with E-state index in [-0.39, 0.29) is 0 Å². The summed E-state index contributed by atoms with van der Waals surface area (Å²) < 4.78 is 0. The molecule has 0 aliphatic carbocycles. The molecule has 2 heteroatoms. The Kier molecular flexibility index (Phi) is 2.92. The molecule has 4 saturated heterocycles. The van der Waals surface area contributed by atoms with Crippen LogP contribution in [-0.2, 0) is 0 Å². The summed E-state index contributed by atoms with van der Waals surface area (Å²) >= 11 is 0. The van der Waals surface area contributed by atoms with Gasteiger partial charge in [-0.3, -0.25) is 9.80 Å². The van der Waals surface area contributed by atoms with Crippen molar-refractivity contribution in [2.75, 3.05) is 26.2 Å². The number of fused-ring (bicyclic) bond motifs is 6. The smallest absolute Gasteiger partial charge is 0.0138 e. The summed E-state index contributed by atoms with van der Waals surface area (Å²) in [6.45, 7) is 8.12. The minimum absolute atomic E-state index is 0.938. The molecule has 4 aliphatic heterocycles. The van der Waals surface area contributed by atoms with Gasteiger partial charge in [0.1, 0.15) is 0 Å². The summed E-state index contributed by atoms with van der Waals surface area (Å²) in [4.78, 5) is 5.75. The van der Waals surface area contributed by atoms with Crippen molar-refractivity contribution < 1.29 is 0 Å². The highest BCUT2D eigenvalue weighted by molar-refractivity contribution is 5.01. The van der Waals surface area contributed by atoms with Gasteiger partial charge in [-0.15, -0.1) is 0 Å². The molecule has 0 N–H and O–H groups in total. The van der Waals surface area contributed by atoms with Crippen LogP contribution in [0.2, 0.25) is 0 Å². The number of rotatable bonds is 0. The monoisotopic (exact) mass is 248 g/mol. The van der Waals surface area contributed by atoms with Gasteiger partial charge in [0.2, 0.25) is 0 Å². The molecule has 0 aromatic carbocycles. The lowest BCUT2D eigenvalue weighted by Crippen LogP contribution is -2.63. The molecule has 2 nitrogen and oxygen atoms in total. The molecule has 4 aliphatic rings. The first kappa shape index (κ1) is 11.7. The number of hydrogen-bond acceptors (Lipinski definition) is 2. The second-order valence-corrected chi connectivity index (χ2v) is 7.51. The molecular formula is C16H28N2. The lowest BCUT2D eigenvalue weighted by atomic mass is 9.70. The molecule has 4 rings (SSSR count). The summed E-state index contributed by atoms with van der Waals surface area (Å²) in [6.07, 6.45) is 8.92. The quantitative estimate of drug-likeness (QED) is 0.650. The molecule has 4 heterocycles. The molecule has 102 valence electrons. The van der Waals surface area contributed by atoms with Crippen molar-refractivity contribution in [2.45, 2.75) is 57.5 Å². The first-order valence-corrected chi connectivity index (χ1v) is 8.29. The van der Waals surface area contributed by atoms with E-state index in [0.29, 0.717) is 0 Å². The van der Waals surface area contributed by atoms with Gasteiger partial charge >= 0.3 is 0 Å². The van der Waals surface area contributed by atoms with E-state index < -0.39 is 0 Å². The number of nitrogens with zero attached hydrogens (tertiary/aromatic N) is 2. The van der Waals surface area contributed by atoms with Crippen LogP contribution in [0.25, 0.3) is 0 Å². The average Bonchev–Trinajstić information content (AvgIpc) is 2.40. The first-order valence-electron chi connectivity index (χ1n) is 8.29. The zero-order chi connectivity index (χ0) is 12.1. The van der Waals surface area contributed by atoms with Crippen molar-refractivity contribution in [3.63, 3.8) is 0 Å². The van der Waals surface area contributed by atoms with E-state index >= 15 is 0 Å². The molecule has 1 unspecified atom stereocenters. The molecule has 18 heavy (non-hydrogen) atoms. The van der Waals surface area contributed by atoms with Gasteiger partial charge in [-0.2, -0.15) is 0 Å². The van der Waals surface area contributed by atoms with Crippen LogP contribution >= 0.6 is 0 Å². The molecule has 2 bridgehead atoms. The summed E-state index contributed by atoms with van der Waals surface area (Å²) in [5, 5.41) is 0. The summed E-state index contributed by atoms with van der Waals surface area (Å²) in [7, 11) is 0. The largest absolute Gasteiger partial charge is 0.300 e. The second kappa shape index (κ2) is 4.49. The van der Waals surface area contributed by atoms with Gasteiger partial charge in [0.25, 0.3) is 0 Å². The maximum Gasteiger partial charge on any atom is 0.0138 e. The summed E-state index contributed by atoms with van der Waals surface area (Å²) in [5.74, 6) is 2.98. The number of hydrogen-bond donors (Lipinski definition) is 0. The van der Waals surface area contributed by atoms with Gasteiger partial charge in [0.05, 0.1) is 0 Å². The summed E-state index contributed by atoms with van der Waals surface area (Å²) in [6, 6.07) is 1.89. The third kappa shape index (κ3) is 1.84. The Morgan fingerprint density at radius 2 is 1.56 bits per heavy atom. The highest BCUT2D eigenvalue weighted by Gasteiger charge is 2.47. The first-order chi connectivity index (χ1) is 8.81. The maximum atomic E-state index is 2.88. The van der Waals surface area contributed by atoms with E-state index in [1.165, 1.54) is 58.3 Å². The molecule has 0 spiro atoms. The highest BCUT2D eigenvalue weighted by Crippen LogP contribution is 2.43. The molecular weight excluding hydrogens is 220 g/mol. The fourth-order valence-corrected chi connectivity index (χ4v) is 5.42. The number of piperidine rings is 4. The van der Waals surface area contributed by atoms with Crippen molar-refractivity contribution in [2.24, 2.45) is 17.8 Å². The molecule has 0 amide bonds. The Balaban J connectivity index is 1.55. The van der Waals surface area contributed by atoms with Crippen molar-refractivity contribution in [1.29, 1.82) is 0 Å². The summed E-state index contributed by atoms with van der Waals surface area (Å²) in [5.41, 5.74) is 0. The minimum atomic E-state index is 0.938. The van der Waals surface area contributed by atoms with E-state index in [0.717, 1.165) is 29.8 Å². The van der Waals surface area contributed by atoms with Crippen molar-refractivity contribution in [1.82, 2.24) is 9.80 Å². The molecule has 0 saturated carbocycles. The Labute approximate surface area is 112 Å². The zero-order valence-corrected chi connectivity index (χ0v) is 11.9. The van der Waals surface area contributed by atoms with Gasteiger partial charge in [-0.05, 0) is 62.9 Å². The molecule has 0 radical (unpaired) electrons. The van der Waals surface area contributed by atoms with Crippen molar-refractivity contribution in [3.8, 4) is 0 Å². The Morgan fingerprint density at radius 3 is 2.44 bits per heavy atom. The SMILES string of the molecule is CC1CCN2C[C@@H]3C[C@@H](CN4CCCC[C@H]34)[C@@H]2C1. The third-order valence-electron chi connectivity index (χ3n) is 6.32. The fraction of sp³-hybridized carbons (Fsp3) is 1.00. The van der Waals surface area contributed by atoms with Gasteiger partial charge in [-0.1, -0.05) is 13.3 Å². The maximum absolute atomic E-state index is 2.88. The van der Waals surface area contributed by atoms with Crippen LogP contribution < -0.4 is 0 Å². The lowest BCUT2D eigenvalue weighted by molar-refractivity contribution is -0.0783. The predicted octanol–water partition coefficient (Wildman–Crippen LogP) is 2.59. The molecule has 5 atom stereocenters. The van der Waals surface area contributed by atoms with Crippen LogP contribution in [0.4, 0.5) is 0 Å². The van der Waals surface area contributed by atoms with Gasteiger partial charge < -0.3 is 0 Å². The molecule has 4 fully saturated rings. The van der Waals surface area contributed by atoms with Crippen LogP contribution in [0.5, 0.6) is 0 Å². The normalized spacial score (nSPS) is 49.5. The second-order valence-electron chi connectivity index (χ2n) is 7.51.